The summed E-state index contributed by atoms with van der Waals surface area (Å²) in [5.41, 5.74) is 2.55. The third-order valence-corrected chi connectivity index (χ3v) is 4.64. The Bertz CT molecular complexity index is 536. The van der Waals surface area contributed by atoms with E-state index >= 15 is 0 Å². The van der Waals surface area contributed by atoms with Crippen LogP contribution in [0.4, 0.5) is 5.69 Å². The van der Waals surface area contributed by atoms with E-state index in [0.717, 1.165) is 0 Å². The molecule has 1 atom stereocenters. The Labute approximate surface area is 111 Å². The van der Waals surface area contributed by atoms with Crippen LogP contribution in [0.5, 0.6) is 0 Å². The molecule has 0 aromatic carbocycles. The molecule has 1 fully saturated rings. The van der Waals surface area contributed by atoms with Gasteiger partial charge in [-0.1, -0.05) is 0 Å². The van der Waals surface area contributed by atoms with Crippen LogP contribution in [-0.4, -0.2) is 55.2 Å². The summed E-state index contributed by atoms with van der Waals surface area (Å²) in [6.07, 6.45) is 0.874. The second-order valence-corrected chi connectivity index (χ2v) is 5.89. The molecule has 106 valence electrons. The minimum atomic E-state index is -3.76. The minimum Gasteiger partial charge on any atom is -0.394 e. The van der Waals surface area contributed by atoms with Crippen molar-refractivity contribution >= 4 is 15.7 Å². The molecule has 1 saturated heterocycles. The average Bonchev–Trinajstić information content (AvgIpc) is 2.47. The molecule has 0 amide bonds. The largest absolute Gasteiger partial charge is 0.394 e. The van der Waals surface area contributed by atoms with Crippen molar-refractivity contribution in [3.05, 3.63) is 18.3 Å². The molecule has 1 aromatic rings. The number of aromatic nitrogens is 1. The van der Waals surface area contributed by atoms with E-state index in [1.165, 1.54) is 16.6 Å². The molecule has 2 rings (SSSR count). The van der Waals surface area contributed by atoms with Crippen molar-refractivity contribution in [3.8, 4) is 0 Å². The van der Waals surface area contributed by atoms with Crippen LogP contribution in [0.2, 0.25) is 0 Å². The third-order valence-electron chi connectivity index (χ3n) is 2.82. The first kappa shape index (κ1) is 14.2. The maximum absolute atomic E-state index is 12.5. The summed E-state index contributed by atoms with van der Waals surface area (Å²) in [5, 5.41) is 8.92. The number of morpholine rings is 1. The van der Waals surface area contributed by atoms with Gasteiger partial charge in [0.2, 0.25) is 0 Å². The lowest BCUT2D eigenvalue weighted by Crippen LogP contribution is -2.47. The van der Waals surface area contributed by atoms with Crippen LogP contribution >= 0.6 is 0 Å². The van der Waals surface area contributed by atoms with Crippen LogP contribution in [0.25, 0.3) is 0 Å². The van der Waals surface area contributed by atoms with E-state index in [9.17, 15) is 8.42 Å². The van der Waals surface area contributed by atoms with Crippen LogP contribution in [0, 0.1) is 0 Å². The maximum atomic E-state index is 12.5. The number of nitrogens with one attached hydrogen (secondary N) is 1. The molecule has 0 radical (unpaired) electrons. The van der Waals surface area contributed by atoms with Crippen molar-refractivity contribution in [2.24, 2.45) is 5.84 Å². The van der Waals surface area contributed by atoms with Crippen molar-refractivity contribution in [2.75, 3.05) is 31.7 Å². The van der Waals surface area contributed by atoms with Gasteiger partial charge in [-0.05, 0) is 12.1 Å². The topological polar surface area (TPSA) is 118 Å². The fraction of sp³-hybridized carbons (Fsp3) is 0.500. The van der Waals surface area contributed by atoms with Crippen LogP contribution < -0.4 is 11.3 Å². The molecule has 0 spiro atoms. The first-order valence-electron chi connectivity index (χ1n) is 5.74. The Morgan fingerprint density at radius 2 is 2.42 bits per heavy atom. The van der Waals surface area contributed by atoms with Gasteiger partial charge in [0.1, 0.15) is 0 Å². The smallest absolute Gasteiger partial charge is 0.262 e. The number of nitrogen functional groups attached to an aromatic ring is 1. The summed E-state index contributed by atoms with van der Waals surface area (Å²) in [6.45, 7) is 0.331. The number of rotatable bonds is 4. The van der Waals surface area contributed by atoms with E-state index in [-0.39, 0.29) is 37.0 Å². The maximum Gasteiger partial charge on any atom is 0.262 e. The average molecular weight is 288 g/mol. The number of anilines is 1. The van der Waals surface area contributed by atoms with Gasteiger partial charge in [-0.3, -0.25) is 5.84 Å². The van der Waals surface area contributed by atoms with E-state index in [0.29, 0.717) is 0 Å². The highest BCUT2D eigenvalue weighted by molar-refractivity contribution is 7.89. The first-order valence-corrected chi connectivity index (χ1v) is 7.18. The van der Waals surface area contributed by atoms with Gasteiger partial charge >= 0.3 is 0 Å². The molecular weight excluding hydrogens is 272 g/mol. The summed E-state index contributed by atoms with van der Waals surface area (Å²) in [4.78, 5) is 3.87. The van der Waals surface area contributed by atoms with Crippen LogP contribution in [0.1, 0.15) is 0 Å². The summed E-state index contributed by atoms with van der Waals surface area (Å²) in [5.74, 6) is 5.29. The highest BCUT2D eigenvalue weighted by atomic mass is 32.2. The van der Waals surface area contributed by atoms with E-state index in [1.807, 2.05) is 0 Å². The summed E-state index contributed by atoms with van der Waals surface area (Å²) < 4.78 is 31.4. The fourth-order valence-electron chi connectivity index (χ4n) is 1.85. The van der Waals surface area contributed by atoms with Crippen molar-refractivity contribution in [3.63, 3.8) is 0 Å². The Hall–Kier alpha value is -1.26. The zero-order valence-electron chi connectivity index (χ0n) is 10.2. The zero-order chi connectivity index (χ0) is 13.9. The second kappa shape index (κ2) is 5.80. The normalized spacial score (nSPS) is 21.3. The number of aliphatic hydroxyl groups is 1. The van der Waals surface area contributed by atoms with Gasteiger partial charge in [-0.25, -0.2) is 13.4 Å². The molecule has 19 heavy (non-hydrogen) atoms. The fourth-order valence-corrected chi connectivity index (χ4v) is 3.37. The summed E-state index contributed by atoms with van der Waals surface area (Å²) >= 11 is 0. The van der Waals surface area contributed by atoms with Gasteiger partial charge < -0.3 is 15.3 Å². The molecule has 0 aliphatic carbocycles. The van der Waals surface area contributed by atoms with Gasteiger partial charge in [0.15, 0.2) is 5.03 Å². The molecule has 4 N–H and O–H groups in total. The molecule has 2 heterocycles. The number of nitrogens with two attached hydrogens (primary N) is 1. The van der Waals surface area contributed by atoms with E-state index in [1.54, 1.807) is 6.07 Å². The van der Waals surface area contributed by atoms with Gasteiger partial charge in [0.05, 0.1) is 25.0 Å². The Kier molecular flexibility index (Phi) is 4.32. The molecule has 1 aliphatic rings. The quantitative estimate of drug-likeness (QED) is 0.468. The molecule has 1 aliphatic heterocycles. The molecule has 0 bridgehead atoms. The van der Waals surface area contributed by atoms with Gasteiger partial charge in [0, 0.05) is 19.3 Å². The predicted molar refractivity (Wildman–Crippen MR) is 67.6 cm³/mol. The van der Waals surface area contributed by atoms with Crippen molar-refractivity contribution in [2.45, 2.75) is 11.1 Å². The van der Waals surface area contributed by atoms with E-state index < -0.39 is 16.1 Å². The summed E-state index contributed by atoms with van der Waals surface area (Å²) in [7, 11) is -3.76. The number of aliphatic hydroxyl groups excluding tert-OH is 1. The molecule has 9 heteroatoms. The molecule has 0 saturated carbocycles. The second-order valence-electron chi connectivity index (χ2n) is 4.04. The number of hydrazine groups is 1. The molecule has 1 unspecified atom stereocenters. The van der Waals surface area contributed by atoms with Crippen LogP contribution in [-0.2, 0) is 14.8 Å². The Morgan fingerprint density at radius 3 is 3.11 bits per heavy atom. The van der Waals surface area contributed by atoms with Crippen molar-refractivity contribution in [1.29, 1.82) is 0 Å². The van der Waals surface area contributed by atoms with E-state index in [4.69, 9.17) is 15.7 Å². The van der Waals surface area contributed by atoms with Gasteiger partial charge in [-0.15, -0.1) is 0 Å². The number of hydrogen-bond acceptors (Lipinski definition) is 7. The van der Waals surface area contributed by atoms with E-state index in [2.05, 4.69) is 10.4 Å². The summed E-state index contributed by atoms with van der Waals surface area (Å²) in [6, 6.07) is 3.12. The number of sulfonamides is 1. The number of pyridine rings is 1. The highest BCUT2D eigenvalue weighted by Crippen LogP contribution is 2.22. The zero-order valence-corrected chi connectivity index (χ0v) is 11.0. The monoisotopic (exact) mass is 288 g/mol. The number of hydrogen-bond donors (Lipinski definition) is 3. The SMILES string of the molecule is NNc1cccnc1S(=O)(=O)N1CCOC(CO)C1. The lowest BCUT2D eigenvalue weighted by atomic mass is 10.3. The lowest BCUT2D eigenvalue weighted by molar-refractivity contribution is -0.0305. The molecule has 1 aromatic heterocycles. The molecular formula is C10H16N4O4S. The molecule has 8 nitrogen and oxygen atoms in total. The predicted octanol–water partition coefficient (Wildman–Crippen LogP) is -1.25. The highest BCUT2D eigenvalue weighted by Gasteiger charge is 2.32. The third kappa shape index (κ3) is 2.85. The minimum absolute atomic E-state index is 0.0966. The number of ether oxygens (including phenoxy) is 1. The Balaban J connectivity index is 2.31. The van der Waals surface area contributed by atoms with Crippen molar-refractivity contribution < 1.29 is 18.3 Å². The van der Waals surface area contributed by atoms with Crippen LogP contribution in [0.15, 0.2) is 23.4 Å². The Morgan fingerprint density at radius 1 is 1.63 bits per heavy atom. The van der Waals surface area contributed by atoms with Crippen LogP contribution in [0.3, 0.4) is 0 Å². The lowest BCUT2D eigenvalue weighted by Gasteiger charge is -2.31. The van der Waals surface area contributed by atoms with Crippen molar-refractivity contribution in [1.82, 2.24) is 9.29 Å². The number of nitrogens with zero attached hydrogens (tertiary/aromatic N) is 2. The first-order chi connectivity index (χ1) is 9.09. The standard InChI is InChI=1S/C10H16N4O4S/c11-13-9-2-1-3-12-10(9)19(16,17)14-4-5-18-8(6-14)7-15/h1-3,8,13,15H,4-7,11H2. The van der Waals surface area contributed by atoms with Gasteiger partial charge in [-0.2, -0.15) is 4.31 Å². The van der Waals surface area contributed by atoms with Gasteiger partial charge in [0.25, 0.3) is 10.0 Å².